The standard InChI is InChI=1S/C30H30F3N3O4/c1-19(37)34-26-17-23(9-12-27(26)40-2)29(39)35-24-10-7-20(8-11-24)21-13-15-36(16-14-21)28(38)18-22-5-3-4-6-25(22)30(31,32)33/h3-12,17,21H,13-16,18H2,1-2H3,(H,34,37)(H,35,39). The average molecular weight is 554 g/mol. The third-order valence-corrected chi connectivity index (χ3v) is 6.92. The largest absolute Gasteiger partial charge is 0.495 e. The van der Waals surface area contributed by atoms with Crippen molar-refractivity contribution in [2.45, 2.75) is 38.3 Å². The lowest BCUT2D eigenvalue weighted by atomic mass is 9.89. The van der Waals surface area contributed by atoms with Gasteiger partial charge in [-0.1, -0.05) is 30.3 Å². The lowest BCUT2D eigenvalue weighted by Gasteiger charge is -2.32. The fraction of sp³-hybridized carbons (Fsp3) is 0.300. The summed E-state index contributed by atoms with van der Waals surface area (Å²) in [7, 11) is 1.47. The molecular formula is C30H30F3N3O4. The summed E-state index contributed by atoms with van der Waals surface area (Å²) in [5.41, 5.74) is 1.62. The molecule has 1 aliphatic rings. The molecule has 0 unspecified atom stereocenters. The molecule has 1 saturated heterocycles. The Hall–Kier alpha value is -4.34. The Balaban J connectivity index is 1.33. The van der Waals surface area contributed by atoms with Crippen molar-refractivity contribution in [3.05, 3.63) is 89.0 Å². The molecule has 3 aromatic carbocycles. The van der Waals surface area contributed by atoms with Gasteiger partial charge in [0.2, 0.25) is 11.8 Å². The van der Waals surface area contributed by atoms with Crippen molar-refractivity contribution in [3.8, 4) is 5.75 Å². The molecule has 1 heterocycles. The third-order valence-electron chi connectivity index (χ3n) is 6.92. The molecule has 7 nitrogen and oxygen atoms in total. The second kappa shape index (κ2) is 12.2. The minimum Gasteiger partial charge on any atom is -0.495 e. The number of amides is 3. The van der Waals surface area contributed by atoms with E-state index in [-0.39, 0.29) is 35.6 Å². The van der Waals surface area contributed by atoms with Gasteiger partial charge < -0.3 is 20.3 Å². The highest BCUT2D eigenvalue weighted by atomic mass is 19.4. The number of carbonyl (C=O) groups is 3. The van der Waals surface area contributed by atoms with Crippen molar-refractivity contribution in [1.82, 2.24) is 4.90 Å². The first-order valence-electron chi connectivity index (χ1n) is 12.8. The van der Waals surface area contributed by atoms with E-state index in [4.69, 9.17) is 4.74 Å². The van der Waals surface area contributed by atoms with Gasteiger partial charge in [0.25, 0.3) is 5.91 Å². The molecule has 0 radical (unpaired) electrons. The SMILES string of the molecule is COc1ccc(C(=O)Nc2ccc(C3CCN(C(=O)Cc4ccccc4C(F)(F)F)CC3)cc2)cc1NC(C)=O. The summed E-state index contributed by atoms with van der Waals surface area (Å²) in [4.78, 5) is 38.6. The number of carbonyl (C=O) groups excluding carboxylic acids is 3. The average Bonchev–Trinajstić information content (AvgIpc) is 2.93. The molecule has 0 bridgehead atoms. The van der Waals surface area contributed by atoms with Gasteiger partial charge in [-0.05, 0) is 66.3 Å². The van der Waals surface area contributed by atoms with Crippen LogP contribution < -0.4 is 15.4 Å². The molecule has 40 heavy (non-hydrogen) atoms. The van der Waals surface area contributed by atoms with E-state index in [0.29, 0.717) is 48.6 Å². The molecule has 10 heteroatoms. The first kappa shape index (κ1) is 28.7. The molecule has 0 atom stereocenters. The Morgan fingerprint density at radius 2 is 1.62 bits per heavy atom. The van der Waals surface area contributed by atoms with Crippen LogP contribution in [0, 0.1) is 0 Å². The van der Waals surface area contributed by atoms with Gasteiger partial charge in [-0.25, -0.2) is 0 Å². The third kappa shape index (κ3) is 6.99. The molecule has 0 aromatic heterocycles. The van der Waals surface area contributed by atoms with Crippen molar-refractivity contribution in [3.63, 3.8) is 0 Å². The van der Waals surface area contributed by atoms with Crippen molar-refractivity contribution in [2.24, 2.45) is 0 Å². The predicted molar refractivity (Wildman–Crippen MR) is 145 cm³/mol. The molecule has 3 amide bonds. The maximum atomic E-state index is 13.3. The van der Waals surface area contributed by atoms with E-state index in [1.807, 2.05) is 12.1 Å². The van der Waals surface area contributed by atoms with Gasteiger partial charge in [0.15, 0.2) is 0 Å². The van der Waals surface area contributed by atoms with Gasteiger partial charge in [-0.15, -0.1) is 0 Å². The Morgan fingerprint density at radius 3 is 2.25 bits per heavy atom. The summed E-state index contributed by atoms with van der Waals surface area (Å²) in [6, 6.07) is 17.4. The van der Waals surface area contributed by atoms with E-state index >= 15 is 0 Å². The highest BCUT2D eigenvalue weighted by Crippen LogP contribution is 2.33. The van der Waals surface area contributed by atoms with Gasteiger partial charge >= 0.3 is 6.18 Å². The number of methoxy groups -OCH3 is 1. The molecule has 2 N–H and O–H groups in total. The minimum atomic E-state index is -4.50. The summed E-state index contributed by atoms with van der Waals surface area (Å²) >= 11 is 0. The predicted octanol–water partition coefficient (Wildman–Crippen LogP) is 5.87. The smallest absolute Gasteiger partial charge is 0.416 e. The van der Waals surface area contributed by atoms with Gasteiger partial charge in [-0.3, -0.25) is 14.4 Å². The molecule has 0 spiro atoms. The maximum Gasteiger partial charge on any atom is 0.416 e. The van der Waals surface area contributed by atoms with E-state index in [9.17, 15) is 27.6 Å². The quantitative estimate of drug-likeness (QED) is 0.383. The Bertz CT molecular complexity index is 1380. The zero-order chi connectivity index (χ0) is 28.9. The summed E-state index contributed by atoms with van der Waals surface area (Å²) < 4.78 is 45.1. The number of ether oxygens (including phenoxy) is 1. The van der Waals surface area contributed by atoms with Crippen LogP contribution in [0.15, 0.2) is 66.7 Å². The Kier molecular flexibility index (Phi) is 8.77. The zero-order valence-corrected chi connectivity index (χ0v) is 22.2. The molecule has 1 aliphatic heterocycles. The van der Waals surface area contributed by atoms with Crippen molar-refractivity contribution >= 4 is 29.1 Å². The number of halogens is 3. The highest BCUT2D eigenvalue weighted by Gasteiger charge is 2.34. The number of alkyl halides is 3. The molecule has 0 saturated carbocycles. The molecule has 1 fully saturated rings. The lowest BCUT2D eigenvalue weighted by molar-refractivity contribution is -0.138. The van der Waals surface area contributed by atoms with Crippen LogP contribution in [0.3, 0.4) is 0 Å². The van der Waals surface area contributed by atoms with Crippen LogP contribution in [0.2, 0.25) is 0 Å². The van der Waals surface area contributed by atoms with Gasteiger partial charge in [0.05, 0.1) is 24.8 Å². The number of benzene rings is 3. The normalized spacial score (nSPS) is 14.0. The van der Waals surface area contributed by atoms with Crippen LogP contribution in [0.25, 0.3) is 0 Å². The van der Waals surface area contributed by atoms with Gasteiger partial charge in [0.1, 0.15) is 5.75 Å². The van der Waals surface area contributed by atoms with Crippen molar-refractivity contribution < 1.29 is 32.3 Å². The number of hydrogen-bond donors (Lipinski definition) is 2. The van der Waals surface area contributed by atoms with Gasteiger partial charge in [-0.2, -0.15) is 13.2 Å². The summed E-state index contributed by atoms with van der Waals surface area (Å²) in [5.74, 6) is -0.309. The second-order valence-corrected chi connectivity index (χ2v) is 9.66. The van der Waals surface area contributed by atoms with Crippen LogP contribution in [0.4, 0.5) is 24.5 Å². The zero-order valence-electron chi connectivity index (χ0n) is 22.2. The summed E-state index contributed by atoms with van der Waals surface area (Å²) in [5, 5.41) is 5.49. The van der Waals surface area contributed by atoms with Crippen molar-refractivity contribution in [1.29, 1.82) is 0 Å². The topological polar surface area (TPSA) is 87.7 Å². The van der Waals surface area contributed by atoms with E-state index in [1.165, 1.54) is 32.2 Å². The number of likely N-dealkylation sites (tertiary alicyclic amines) is 1. The Labute approximate surface area is 230 Å². The van der Waals surface area contributed by atoms with E-state index < -0.39 is 11.7 Å². The first-order valence-corrected chi connectivity index (χ1v) is 12.8. The van der Waals surface area contributed by atoms with E-state index in [1.54, 1.807) is 35.2 Å². The number of anilines is 2. The van der Waals surface area contributed by atoms with Crippen molar-refractivity contribution in [2.75, 3.05) is 30.8 Å². The molecule has 4 rings (SSSR count). The van der Waals surface area contributed by atoms with Crippen LogP contribution in [-0.2, 0) is 22.2 Å². The monoisotopic (exact) mass is 553 g/mol. The highest BCUT2D eigenvalue weighted by molar-refractivity contribution is 6.05. The molecule has 0 aliphatic carbocycles. The van der Waals surface area contributed by atoms with Crippen LogP contribution >= 0.6 is 0 Å². The minimum absolute atomic E-state index is 0.0132. The number of nitrogens with zero attached hydrogens (tertiary/aromatic N) is 1. The number of piperidine rings is 1. The summed E-state index contributed by atoms with van der Waals surface area (Å²) in [6.45, 7) is 2.29. The Morgan fingerprint density at radius 1 is 0.950 bits per heavy atom. The number of rotatable bonds is 7. The van der Waals surface area contributed by atoms with E-state index in [0.717, 1.165) is 11.6 Å². The number of nitrogens with one attached hydrogen (secondary N) is 2. The maximum absolute atomic E-state index is 13.3. The fourth-order valence-corrected chi connectivity index (χ4v) is 4.87. The van der Waals surface area contributed by atoms with E-state index in [2.05, 4.69) is 10.6 Å². The van der Waals surface area contributed by atoms with Crippen LogP contribution in [0.5, 0.6) is 5.75 Å². The summed E-state index contributed by atoms with van der Waals surface area (Å²) in [6.07, 6.45) is -3.40. The van der Waals surface area contributed by atoms with Crippen LogP contribution in [0.1, 0.15) is 52.7 Å². The first-order chi connectivity index (χ1) is 19.0. The molecule has 3 aromatic rings. The molecule has 210 valence electrons. The number of hydrogen-bond acceptors (Lipinski definition) is 4. The van der Waals surface area contributed by atoms with Crippen LogP contribution in [-0.4, -0.2) is 42.8 Å². The lowest BCUT2D eigenvalue weighted by Crippen LogP contribution is -2.39. The van der Waals surface area contributed by atoms with Gasteiger partial charge in [0, 0.05) is 31.3 Å². The fourth-order valence-electron chi connectivity index (χ4n) is 4.87. The second-order valence-electron chi connectivity index (χ2n) is 9.66. The molecular weight excluding hydrogens is 523 g/mol.